The van der Waals surface area contributed by atoms with Crippen LogP contribution in [0.15, 0.2) is 0 Å². The number of nitrogens with zero attached hydrogens (tertiary/aromatic N) is 1. The summed E-state index contributed by atoms with van der Waals surface area (Å²) in [5, 5.41) is 2.93. The van der Waals surface area contributed by atoms with E-state index in [1.807, 2.05) is 4.90 Å². The van der Waals surface area contributed by atoms with Crippen molar-refractivity contribution in [1.29, 1.82) is 0 Å². The monoisotopic (exact) mass is 345 g/mol. The van der Waals surface area contributed by atoms with Crippen molar-refractivity contribution >= 4 is 24.2 Å². The highest BCUT2D eigenvalue weighted by Gasteiger charge is 2.28. The summed E-state index contributed by atoms with van der Waals surface area (Å²) in [5.74, 6) is 0.869. The van der Waals surface area contributed by atoms with Gasteiger partial charge >= 0.3 is 0 Å². The van der Waals surface area contributed by atoms with Crippen LogP contribution >= 0.6 is 12.4 Å². The fourth-order valence-electron chi connectivity index (χ4n) is 3.75. The molecule has 6 heteroatoms. The first kappa shape index (κ1) is 20.2. The maximum Gasteiger partial charge on any atom is 0.223 e. The SMILES string of the molecule is Cl.NCCC(=O)NCC1CCCCN1C(=O)CC1CCCCC1. The topological polar surface area (TPSA) is 75.4 Å². The Labute approximate surface area is 146 Å². The number of halogens is 1. The number of rotatable bonds is 6. The number of piperidine rings is 1. The van der Waals surface area contributed by atoms with Crippen LogP contribution in [0, 0.1) is 5.92 Å². The highest BCUT2D eigenvalue weighted by atomic mass is 35.5. The first-order chi connectivity index (χ1) is 10.7. The van der Waals surface area contributed by atoms with Gasteiger partial charge in [0.25, 0.3) is 0 Å². The van der Waals surface area contributed by atoms with E-state index in [1.165, 1.54) is 32.1 Å². The minimum absolute atomic E-state index is 0. The minimum atomic E-state index is -0.00671. The van der Waals surface area contributed by atoms with Gasteiger partial charge in [0.15, 0.2) is 0 Å². The number of nitrogens with two attached hydrogens (primary N) is 1. The Morgan fingerprint density at radius 3 is 2.43 bits per heavy atom. The molecule has 2 amide bonds. The van der Waals surface area contributed by atoms with Crippen LogP contribution in [0.4, 0.5) is 0 Å². The van der Waals surface area contributed by atoms with Crippen LogP contribution in [-0.4, -0.2) is 42.4 Å². The third-order valence-electron chi connectivity index (χ3n) is 5.04. The Balaban J connectivity index is 0.00000264. The summed E-state index contributed by atoms with van der Waals surface area (Å²) < 4.78 is 0. The number of likely N-dealkylation sites (tertiary alicyclic amines) is 1. The van der Waals surface area contributed by atoms with Gasteiger partial charge in [-0.3, -0.25) is 9.59 Å². The predicted octanol–water partition coefficient (Wildman–Crippen LogP) is 2.22. The fraction of sp³-hybridized carbons (Fsp3) is 0.882. The highest BCUT2D eigenvalue weighted by molar-refractivity contribution is 5.85. The van der Waals surface area contributed by atoms with Crippen molar-refractivity contribution in [2.24, 2.45) is 11.7 Å². The maximum atomic E-state index is 12.6. The molecule has 2 aliphatic rings. The van der Waals surface area contributed by atoms with Gasteiger partial charge in [-0.2, -0.15) is 0 Å². The molecule has 2 rings (SSSR count). The number of amides is 2. The summed E-state index contributed by atoms with van der Waals surface area (Å²) in [6.45, 7) is 1.80. The van der Waals surface area contributed by atoms with Crippen molar-refractivity contribution in [3.8, 4) is 0 Å². The van der Waals surface area contributed by atoms with Crippen molar-refractivity contribution in [2.75, 3.05) is 19.6 Å². The first-order valence-electron chi connectivity index (χ1n) is 8.97. The van der Waals surface area contributed by atoms with E-state index in [0.29, 0.717) is 37.8 Å². The van der Waals surface area contributed by atoms with E-state index < -0.39 is 0 Å². The van der Waals surface area contributed by atoms with Gasteiger partial charge < -0.3 is 16.0 Å². The number of hydrogen-bond donors (Lipinski definition) is 2. The number of hydrogen-bond acceptors (Lipinski definition) is 3. The Bertz CT molecular complexity index is 373. The van der Waals surface area contributed by atoms with Crippen LogP contribution in [0.5, 0.6) is 0 Å². The summed E-state index contributed by atoms with van der Waals surface area (Å²) in [5.41, 5.74) is 5.39. The molecule has 2 fully saturated rings. The molecule has 23 heavy (non-hydrogen) atoms. The molecular formula is C17H32ClN3O2. The smallest absolute Gasteiger partial charge is 0.223 e. The third kappa shape index (κ3) is 6.68. The Morgan fingerprint density at radius 2 is 1.74 bits per heavy atom. The lowest BCUT2D eigenvalue weighted by molar-refractivity contribution is -0.136. The summed E-state index contributed by atoms with van der Waals surface area (Å²) in [7, 11) is 0. The first-order valence-corrected chi connectivity index (χ1v) is 8.97. The summed E-state index contributed by atoms with van der Waals surface area (Å²) >= 11 is 0. The van der Waals surface area contributed by atoms with Crippen LogP contribution < -0.4 is 11.1 Å². The van der Waals surface area contributed by atoms with E-state index in [2.05, 4.69) is 5.32 Å². The largest absolute Gasteiger partial charge is 0.354 e. The molecule has 0 aromatic heterocycles. The van der Waals surface area contributed by atoms with Gasteiger partial charge in [0.05, 0.1) is 0 Å². The second-order valence-corrected chi connectivity index (χ2v) is 6.79. The molecular weight excluding hydrogens is 314 g/mol. The van der Waals surface area contributed by atoms with E-state index in [4.69, 9.17) is 5.73 Å². The van der Waals surface area contributed by atoms with Gasteiger partial charge in [-0.25, -0.2) is 0 Å². The Morgan fingerprint density at radius 1 is 1.04 bits per heavy atom. The molecule has 134 valence electrons. The van der Waals surface area contributed by atoms with Crippen LogP contribution in [0.25, 0.3) is 0 Å². The fourth-order valence-corrected chi connectivity index (χ4v) is 3.75. The van der Waals surface area contributed by atoms with Crippen molar-refractivity contribution < 1.29 is 9.59 Å². The zero-order valence-corrected chi connectivity index (χ0v) is 14.9. The van der Waals surface area contributed by atoms with Gasteiger partial charge in [0, 0.05) is 38.5 Å². The second kappa shape index (κ2) is 10.9. The van der Waals surface area contributed by atoms with Crippen LogP contribution in [-0.2, 0) is 9.59 Å². The summed E-state index contributed by atoms with van der Waals surface area (Å²) in [6, 6.07) is 0.173. The van der Waals surface area contributed by atoms with Crippen molar-refractivity contribution in [3.05, 3.63) is 0 Å². The van der Waals surface area contributed by atoms with Gasteiger partial charge in [0.2, 0.25) is 11.8 Å². The quantitative estimate of drug-likeness (QED) is 0.775. The predicted molar refractivity (Wildman–Crippen MR) is 94.5 cm³/mol. The molecule has 1 saturated heterocycles. The molecule has 0 spiro atoms. The molecule has 0 aromatic carbocycles. The zero-order valence-electron chi connectivity index (χ0n) is 14.1. The van der Waals surface area contributed by atoms with Gasteiger partial charge in [-0.1, -0.05) is 19.3 Å². The van der Waals surface area contributed by atoms with Gasteiger partial charge in [-0.05, 0) is 38.0 Å². The highest BCUT2D eigenvalue weighted by Crippen LogP contribution is 2.28. The molecule has 0 bridgehead atoms. The average Bonchev–Trinajstić information content (AvgIpc) is 2.54. The lowest BCUT2D eigenvalue weighted by Crippen LogP contribution is -2.49. The Hall–Kier alpha value is -0.810. The van der Waals surface area contributed by atoms with Crippen molar-refractivity contribution in [1.82, 2.24) is 10.2 Å². The van der Waals surface area contributed by atoms with Crippen molar-refractivity contribution in [3.63, 3.8) is 0 Å². The molecule has 1 saturated carbocycles. The van der Waals surface area contributed by atoms with E-state index in [9.17, 15) is 9.59 Å². The summed E-state index contributed by atoms with van der Waals surface area (Å²) in [4.78, 5) is 26.3. The number of carbonyl (C=O) groups is 2. The Kier molecular flexibility index (Phi) is 9.56. The molecule has 1 heterocycles. The molecule has 0 aromatic rings. The van der Waals surface area contributed by atoms with E-state index >= 15 is 0 Å². The second-order valence-electron chi connectivity index (χ2n) is 6.79. The normalized spacial score (nSPS) is 22.3. The average molecular weight is 346 g/mol. The molecule has 1 unspecified atom stereocenters. The molecule has 3 N–H and O–H groups in total. The van der Waals surface area contributed by atoms with Crippen LogP contribution in [0.3, 0.4) is 0 Å². The van der Waals surface area contributed by atoms with E-state index in [1.54, 1.807) is 0 Å². The summed E-state index contributed by atoms with van der Waals surface area (Å²) in [6.07, 6.45) is 10.6. The molecule has 1 atom stereocenters. The van der Waals surface area contributed by atoms with Gasteiger partial charge in [0.1, 0.15) is 0 Å². The van der Waals surface area contributed by atoms with E-state index in [0.717, 1.165) is 25.8 Å². The number of nitrogens with one attached hydrogen (secondary N) is 1. The third-order valence-corrected chi connectivity index (χ3v) is 5.04. The van der Waals surface area contributed by atoms with Crippen molar-refractivity contribution in [2.45, 2.75) is 70.3 Å². The standard InChI is InChI=1S/C17H31N3O2.ClH/c18-10-9-16(21)19-13-15-8-4-5-11-20(15)17(22)12-14-6-2-1-3-7-14;/h14-15H,1-13,18H2,(H,19,21);1H. The lowest BCUT2D eigenvalue weighted by atomic mass is 9.86. The van der Waals surface area contributed by atoms with Gasteiger partial charge in [-0.15, -0.1) is 12.4 Å². The zero-order chi connectivity index (χ0) is 15.8. The minimum Gasteiger partial charge on any atom is -0.354 e. The lowest BCUT2D eigenvalue weighted by Gasteiger charge is -2.37. The van der Waals surface area contributed by atoms with Crippen LogP contribution in [0.1, 0.15) is 64.2 Å². The molecule has 1 aliphatic carbocycles. The molecule has 1 aliphatic heterocycles. The maximum absolute atomic E-state index is 12.6. The molecule has 0 radical (unpaired) electrons. The molecule has 5 nitrogen and oxygen atoms in total. The van der Waals surface area contributed by atoms with Crippen LogP contribution in [0.2, 0.25) is 0 Å². The number of carbonyl (C=O) groups excluding carboxylic acids is 2. The van der Waals surface area contributed by atoms with E-state index in [-0.39, 0.29) is 24.4 Å².